The number of hydrogen-bond donors (Lipinski definition) is 1. The van der Waals surface area contributed by atoms with E-state index in [1.807, 2.05) is 41.3 Å². The average molecular weight is 426 g/mol. The van der Waals surface area contributed by atoms with Gasteiger partial charge in [0.2, 0.25) is 5.91 Å². The number of amides is 1. The molecular formula is C23H27N3O3S. The Morgan fingerprint density at radius 1 is 1.20 bits per heavy atom. The van der Waals surface area contributed by atoms with Gasteiger partial charge in [0.05, 0.1) is 29.4 Å². The number of carbonyl (C=O) groups excluding carboxylic acids is 1. The third-order valence-electron chi connectivity index (χ3n) is 5.42. The van der Waals surface area contributed by atoms with Crippen LogP contribution in [0.5, 0.6) is 11.5 Å². The molecule has 7 heteroatoms. The molecule has 0 spiro atoms. The number of piperidine rings is 1. The summed E-state index contributed by atoms with van der Waals surface area (Å²) >= 11 is 1.68. The van der Waals surface area contributed by atoms with Crippen LogP contribution in [-0.2, 0) is 11.2 Å². The van der Waals surface area contributed by atoms with Crippen molar-refractivity contribution in [1.82, 2.24) is 9.88 Å². The minimum absolute atomic E-state index is 0.202. The molecule has 1 aliphatic rings. The molecule has 158 valence electrons. The lowest BCUT2D eigenvalue weighted by Gasteiger charge is -2.34. The zero-order valence-corrected chi connectivity index (χ0v) is 18.2. The first-order chi connectivity index (χ1) is 14.7. The van der Waals surface area contributed by atoms with E-state index in [0.717, 1.165) is 35.6 Å². The Bertz CT molecular complexity index is 987. The van der Waals surface area contributed by atoms with E-state index in [-0.39, 0.29) is 11.9 Å². The topological polar surface area (TPSA) is 63.7 Å². The van der Waals surface area contributed by atoms with Crippen LogP contribution in [0.4, 0.5) is 5.69 Å². The maximum atomic E-state index is 12.8. The van der Waals surface area contributed by atoms with Crippen molar-refractivity contribution in [3.05, 3.63) is 47.5 Å². The summed E-state index contributed by atoms with van der Waals surface area (Å²) in [5, 5.41) is 4.57. The lowest BCUT2D eigenvalue weighted by Crippen LogP contribution is -2.45. The first-order valence-corrected chi connectivity index (χ1v) is 11.1. The molecule has 1 unspecified atom stereocenters. The van der Waals surface area contributed by atoms with Crippen molar-refractivity contribution < 1.29 is 14.3 Å². The smallest absolute Gasteiger partial charge is 0.223 e. The predicted molar refractivity (Wildman–Crippen MR) is 121 cm³/mol. The van der Waals surface area contributed by atoms with Crippen molar-refractivity contribution in [3.8, 4) is 11.5 Å². The molecule has 1 fully saturated rings. The highest BCUT2D eigenvalue weighted by atomic mass is 32.1. The minimum Gasteiger partial charge on any atom is -0.493 e. The normalized spacial score (nSPS) is 16.5. The SMILES string of the molecule is COc1ccc(NC2CCCN(C(=O)CCc3nc4ccccc4s3)C2)cc1OC. The van der Waals surface area contributed by atoms with Gasteiger partial charge in [0.25, 0.3) is 0 Å². The van der Waals surface area contributed by atoms with E-state index < -0.39 is 0 Å². The summed E-state index contributed by atoms with van der Waals surface area (Å²) in [6.45, 7) is 1.54. The van der Waals surface area contributed by atoms with Crippen molar-refractivity contribution in [1.29, 1.82) is 0 Å². The second kappa shape index (κ2) is 9.34. The molecule has 30 heavy (non-hydrogen) atoms. The molecule has 0 saturated carbocycles. The second-order valence-electron chi connectivity index (χ2n) is 7.47. The Labute approximate surface area is 180 Å². The Hall–Kier alpha value is -2.80. The standard InChI is InChI=1S/C23H27N3O3S/c1-28-19-10-9-16(14-20(19)29-2)24-17-6-5-13-26(15-17)23(27)12-11-22-25-18-7-3-4-8-21(18)30-22/h3-4,7-10,14,17,24H,5-6,11-13,15H2,1-2H3. The third kappa shape index (κ3) is 4.67. The number of likely N-dealkylation sites (tertiary alicyclic amines) is 1. The number of methoxy groups -OCH3 is 2. The zero-order chi connectivity index (χ0) is 20.9. The van der Waals surface area contributed by atoms with Crippen LogP contribution >= 0.6 is 11.3 Å². The second-order valence-corrected chi connectivity index (χ2v) is 8.58. The van der Waals surface area contributed by atoms with Gasteiger partial charge in [0.1, 0.15) is 0 Å². The summed E-state index contributed by atoms with van der Waals surface area (Å²) in [5.41, 5.74) is 1.99. The molecule has 4 rings (SSSR count). The van der Waals surface area contributed by atoms with Gasteiger partial charge in [0.15, 0.2) is 11.5 Å². The van der Waals surface area contributed by atoms with E-state index in [0.29, 0.717) is 30.9 Å². The van der Waals surface area contributed by atoms with Crippen molar-refractivity contribution in [3.63, 3.8) is 0 Å². The first-order valence-electron chi connectivity index (χ1n) is 10.3. The number of para-hydroxylation sites is 1. The molecule has 2 aromatic carbocycles. The number of aryl methyl sites for hydroxylation is 1. The van der Waals surface area contributed by atoms with Crippen LogP contribution in [-0.4, -0.2) is 49.1 Å². The van der Waals surface area contributed by atoms with Crippen LogP contribution in [0.15, 0.2) is 42.5 Å². The summed E-state index contributed by atoms with van der Waals surface area (Å²) in [4.78, 5) is 19.4. The van der Waals surface area contributed by atoms with Crippen LogP contribution in [0.25, 0.3) is 10.2 Å². The molecule has 2 heterocycles. The third-order valence-corrected chi connectivity index (χ3v) is 6.52. The molecule has 6 nitrogen and oxygen atoms in total. The molecule has 0 aliphatic carbocycles. The van der Waals surface area contributed by atoms with Crippen LogP contribution in [0.1, 0.15) is 24.3 Å². The number of fused-ring (bicyclic) bond motifs is 1. The Morgan fingerprint density at radius 3 is 2.83 bits per heavy atom. The number of hydrogen-bond acceptors (Lipinski definition) is 6. The number of rotatable bonds is 7. The fourth-order valence-corrected chi connectivity index (χ4v) is 4.85. The number of aromatic nitrogens is 1. The number of ether oxygens (including phenoxy) is 2. The van der Waals surface area contributed by atoms with Crippen LogP contribution in [0, 0.1) is 0 Å². The highest BCUT2D eigenvalue weighted by molar-refractivity contribution is 7.18. The summed E-state index contributed by atoms with van der Waals surface area (Å²) in [6, 6.07) is 14.2. The molecule has 1 aromatic heterocycles. The molecule has 3 aromatic rings. The number of nitrogens with zero attached hydrogens (tertiary/aromatic N) is 2. The van der Waals surface area contributed by atoms with E-state index in [2.05, 4.69) is 16.4 Å². The number of nitrogens with one attached hydrogen (secondary N) is 1. The summed E-state index contributed by atoms with van der Waals surface area (Å²) in [7, 11) is 3.26. The van der Waals surface area contributed by atoms with Gasteiger partial charge in [-0.15, -0.1) is 11.3 Å². The Kier molecular flexibility index (Phi) is 6.38. The zero-order valence-electron chi connectivity index (χ0n) is 17.4. The quantitative estimate of drug-likeness (QED) is 0.610. The van der Waals surface area contributed by atoms with Gasteiger partial charge in [-0.25, -0.2) is 4.98 Å². The lowest BCUT2D eigenvalue weighted by atomic mass is 10.0. The number of thiazole rings is 1. The predicted octanol–water partition coefficient (Wildman–Crippen LogP) is 4.35. The van der Waals surface area contributed by atoms with E-state index in [1.54, 1.807) is 25.6 Å². The fraction of sp³-hybridized carbons (Fsp3) is 0.391. The maximum absolute atomic E-state index is 12.8. The minimum atomic E-state index is 0.202. The summed E-state index contributed by atoms with van der Waals surface area (Å²) < 4.78 is 11.9. The highest BCUT2D eigenvalue weighted by Gasteiger charge is 2.24. The Balaban J connectivity index is 1.33. The van der Waals surface area contributed by atoms with E-state index in [1.165, 1.54) is 4.70 Å². The molecule has 1 saturated heterocycles. The summed E-state index contributed by atoms with van der Waals surface area (Å²) in [6.07, 6.45) is 3.24. The van der Waals surface area contributed by atoms with Crippen LogP contribution in [0.2, 0.25) is 0 Å². The van der Waals surface area contributed by atoms with Gasteiger partial charge in [-0.3, -0.25) is 4.79 Å². The highest BCUT2D eigenvalue weighted by Crippen LogP contribution is 2.30. The monoisotopic (exact) mass is 425 g/mol. The molecule has 1 atom stereocenters. The van der Waals surface area contributed by atoms with Gasteiger partial charge in [0, 0.05) is 43.7 Å². The van der Waals surface area contributed by atoms with Gasteiger partial charge in [-0.05, 0) is 37.1 Å². The number of anilines is 1. The molecule has 1 aliphatic heterocycles. The van der Waals surface area contributed by atoms with Gasteiger partial charge >= 0.3 is 0 Å². The first kappa shape index (κ1) is 20.5. The number of benzene rings is 2. The summed E-state index contributed by atoms with van der Waals surface area (Å²) in [5.74, 6) is 1.61. The van der Waals surface area contributed by atoms with Gasteiger partial charge in [-0.1, -0.05) is 12.1 Å². The van der Waals surface area contributed by atoms with Crippen molar-refractivity contribution in [2.24, 2.45) is 0 Å². The van der Waals surface area contributed by atoms with Crippen molar-refractivity contribution in [2.75, 3.05) is 32.6 Å². The van der Waals surface area contributed by atoms with Crippen LogP contribution in [0.3, 0.4) is 0 Å². The molecule has 0 radical (unpaired) electrons. The molecule has 1 N–H and O–H groups in total. The van der Waals surface area contributed by atoms with Crippen molar-refractivity contribution in [2.45, 2.75) is 31.7 Å². The molecule has 0 bridgehead atoms. The largest absolute Gasteiger partial charge is 0.493 e. The van der Waals surface area contributed by atoms with Crippen LogP contribution < -0.4 is 14.8 Å². The molecule has 1 amide bonds. The fourth-order valence-electron chi connectivity index (χ4n) is 3.88. The van der Waals surface area contributed by atoms with E-state index in [9.17, 15) is 4.79 Å². The van der Waals surface area contributed by atoms with Gasteiger partial charge < -0.3 is 19.7 Å². The molecular weight excluding hydrogens is 398 g/mol. The van der Waals surface area contributed by atoms with Crippen molar-refractivity contribution >= 4 is 33.1 Å². The Morgan fingerprint density at radius 2 is 2.03 bits per heavy atom. The maximum Gasteiger partial charge on any atom is 0.223 e. The lowest BCUT2D eigenvalue weighted by molar-refractivity contribution is -0.132. The number of carbonyl (C=O) groups is 1. The van der Waals surface area contributed by atoms with E-state index >= 15 is 0 Å². The van der Waals surface area contributed by atoms with Gasteiger partial charge in [-0.2, -0.15) is 0 Å². The average Bonchev–Trinajstić information content (AvgIpc) is 3.20. The van der Waals surface area contributed by atoms with E-state index in [4.69, 9.17) is 9.47 Å².